The maximum Gasteiger partial charge on any atom is 0.363 e. The third-order valence-corrected chi connectivity index (χ3v) is 4.50. The van der Waals surface area contributed by atoms with Crippen LogP contribution in [0.4, 0.5) is 8.78 Å². The van der Waals surface area contributed by atoms with E-state index >= 15 is 0 Å². The molecule has 0 saturated carbocycles. The highest BCUT2D eigenvalue weighted by molar-refractivity contribution is 6.12. The van der Waals surface area contributed by atoms with Crippen molar-refractivity contribution in [2.24, 2.45) is 4.99 Å². The molecule has 0 radical (unpaired) electrons. The van der Waals surface area contributed by atoms with Gasteiger partial charge in [-0.25, -0.2) is 18.6 Å². The molecule has 3 aromatic rings. The molecule has 0 saturated heterocycles. The SMILES string of the molecule is COc1cc(/C=C2/N=C(c3ccccc3F)OC2=O)ccc1OCc1cccc(F)c1. The third kappa shape index (κ3) is 4.61. The Morgan fingerprint density at radius 3 is 2.61 bits per heavy atom. The Hall–Kier alpha value is -4.00. The summed E-state index contributed by atoms with van der Waals surface area (Å²) in [6.07, 6.45) is 1.51. The van der Waals surface area contributed by atoms with E-state index in [1.165, 1.54) is 43.5 Å². The number of nitrogens with zero attached hydrogens (tertiary/aromatic N) is 1. The Bertz CT molecular complexity index is 1200. The van der Waals surface area contributed by atoms with Gasteiger partial charge in [-0.3, -0.25) is 0 Å². The highest BCUT2D eigenvalue weighted by Crippen LogP contribution is 2.30. The fourth-order valence-corrected chi connectivity index (χ4v) is 3.00. The second-order valence-corrected chi connectivity index (χ2v) is 6.64. The minimum Gasteiger partial charge on any atom is -0.493 e. The lowest BCUT2D eigenvalue weighted by atomic mass is 10.1. The number of carbonyl (C=O) groups is 1. The summed E-state index contributed by atoms with van der Waals surface area (Å²) in [4.78, 5) is 16.3. The van der Waals surface area contributed by atoms with E-state index < -0.39 is 11.8 Å². The van der Waals surface area contributed by atoms with Crippen molar-refractivity contribution in [3.05, 3.63) is 101 Å². The zero-order valence-electron chi connectivity index (χ0n) is 16.5. The fraction of sp³-hybridized carbons (Fsp3) is 0.0833. The Morgan fingerprint density at radius 2 is 1.84 bits per heavy atom. The first kappa shape index (κ1) is 20.3. The minimum absolute atomic E-state index is 0.0359. The number of hydrogen-bond donors (Lipinski definition) is 0. The normalized spacial score (nSPS) is 14.4. The molecule has 4 rings (SSSR count). The summed E-state index contributed by atoms with van der Waals surface area (Å²) in [6.45, 7) is 0.164. The first-order valence-electron chi connectivity index (χ1n) is 9.36. The number of hydrogen-bond acceptors (Lipinski definition) is 5. The van der Waals surface area contributed by atoms with Crippen molar-refractivity contribution in [2.45, 2.75) is 6.61 Å². The number of rotatable bonds is 6. The first-order valence-corrected chi connectivity index (χ1v) is 9.36. The molecule has 0 aromatic heterocycles. The summed E-state index contributed by atoms with van der Waals surface area (Å²) in [5, 5.41) is 0. The lowest BCUT2D eigenvalue weighted by Gasteiger charge is -2.11. The van der Waals surface area contributed by atoms with Crippen molar-refractivity contribution in [1.29, 1.82) is 0 Å². The molecule has 0 atom stereocenters. The molecule has 1 aliphatic rings. The molecule has 1 aliphatic heterocycles. The van der Waals surface area contributed by atoms with Crippen molar-refractivity contribution in [3.8, 4) is 11.5 Å². The Kier molecular flexibility index (Phi) is 5.75. The molecular weight excluding hydrogens is 404 g/mol. The van der Waals surface area contributed by atoms with Crippen LogP contribution < -0.4 is 9.47 Å². The molecule has 1 heterocycles. The summed E-state index contributed by atoms with van der Waals surface area (Å²) >= 11 is 0. The number of aliphatic imine (C=N–C) groups is 1. The average molecular weight is 421 g/mol. The first-order chi connectivity index (χ1) is 15.0. The van der Waals surface area contributed by atoms with Crippen LogP contribution in [0.2, 0.25) is 0 Å². The van der Waals surface area contributed by atoms with Crippen LogP contribution >= 0.6 is 0 Å². The van der Waals surface area contributed by atoms with Crippen molar-refractivity contribution in [2.75, 3.05) is 7.11 Å². The third-order valence-electron chi connectivity index (χ3n) is 4.50. The van der Waals surface area contributed by atoms with E-state index in [1.807, 2.05) is 0 Å². The molecule has 5 nitrogen and oxygen atoms in total. The van der Waals surface area contributed by atoms with Gasteiger partial charge >= 0.3 is 5.97 Å². The molecule has 3 aromatic carbocycles. The molecule has 31 heavy (non-hydrogen) atoms. The van der Waals surface area contributed by atoms with Crippen LogP contribution in [0.1, 0.15) is 16.7 Å². The largest absolute Gasteiger partial charge is 0.493 e. The van der Waals surface area contributed by atoms with Gasteiger partial charge in [0.2, 0.25) is 5.90 Å². The minimum atomic E-state index is -0.677. The van der Waals surface area contributed by atoms with Gasteiger partial charge in [0, 0.05) is 0 Å². The van der Waals surface area contributed by atoms with Gasteiger partial charge in [-0.1, -0.05) is 30.3 Å². The number of benzene rings is 3. The zero-order chi connectivity index (χ0) is 21.8. The Morgan fingerprint density at radius 1 is 1.00 bits per heavy atom. The van der Waals surface area contributed by atoms with Crippen LogP contribution in [-0.2, 0) is 16.1 Å². The molecule has 0 spiro atoms. The number of methoxy groups -OCH3 is 1. The molecule has 0 fully saturated rings. The maximum atomic E-state index is 13.9. The highest BCUT2D eigenvalue weighted by atomic mass is 19.1. The van der Waals surface area contributed by atoms with Crippen molar-refractivity contribution in [3.63, 3.8) is 0 Å². The number of cyclic esters (lactones) is 1. The topological polar surface area (TPSA) is 57.1 Å². The fourth-order valence-electron chi connectivity index (χ4n) is 3.00. The van der Waals surface area contributed by atoms with E-state index in [2.05, 4.69) is 4.99 Å². The van der Waals surface area contributed by atoms with E-state index in [9.17, 15) is 13.6 Å². The number of esters is 1. The number of carbonyl (C=O) groups excluding carboxylic acids is 1. The quantitative estimate of drug-likeness (QED) is 0.420. The van der Waals surface area contributed by atoms with Crippen molar-refractivity contribution >= 4 is 17.9 Å². The van der Waals surface area contributed by atoms with Crippen LogP contribution in [0.15, 0.2) is 77.4 Å². The van der Waals surface area contributed by atoms with Crippen LogP contribution in [0, 0.1) is 11.6 Å². The summed E-state index contributed by atoms with van der Waals surface area (Å²) in [5.74, 6) is -0.751. The number of halogens is 2. The van der Waals surface area contributed by atoms with Gasteiger partial charge in [0.15, 0.2) is 17.2 Å². The van der Waals surface area contributed by atoms with Crippen molar-refractivity contribution < 1.29 is 27.8 Å². The molecule has 7 heteroatoms. The Labute approximate surface area is 177 Å². The van der Waals surface area contributed by atoms with Crippen molar-refractivity contribution in [1.82, 2.24) is 0 Å². The summed E-state index contributed by atoms with van der Waals surface area (Å²) < 4.78 is 43.5. The van der Waals surface area contributed by atoms with E-state index in [-0.39, 0.29) is 29.6 Å². The smallest absolute Gasteiger partial charge is 0.363 e. The standard InChI is InChI=1S/C24H17F2NO4/c1-29-22-13-15(9-10-21(22)30-14-16-5-4-6-17(25)11-16)12-20-24(28)31-23(27-20)18-7-2-3-8-19(18)26/h2-13H,14H2,1H3/b20-12+. The van der Waals surface area contributed by atoms with Gasteiger partial charge in [0.05, 0.1) is 12.7 Å². The lowest BCUT2D eigenvalue weighted by Crippen LogP contribution is -2.07. The van der Waals surface area contributed by atoms with Crippen LogP contribution in [0.25, 0.3) is 6.08 Å². The van der Waals surface area contributed by atoms with E-state index in [1.54, 1.807) is 36.4 Å². The Balaban J connectivity index is 1.55. The monoisotopic (exact) mass is 421 g/mol. The predicted octanol–water partition coefficient (Wildman–Crippen LogP) is 4.90. The van der Waals surface area contributed by atoms with Crippen LogP contribution in [0.5, 0.6) is 11.5 Å². The molecular formula is C24H17F2NO4. The average Bonchev–Trinajstić information content (AvgIpc) is 3.13. The van der Waals surface area contributed by atoms with E-state index in [0.717, 1.165) is 0 Å². The molecule has 0 bridgehead atoms. The van der Waals surface area contributed by atoms with E-state index in [4.69, 9.17) is 14.2 Å². The molecule has 0 amide bonds. The van der Waals surface area contributed by atoms with Gasteiger partial charge in [-0.2, -0.15) is 0 Å². The van der Waals surface area contributed by atoms with Gasteiger partial charge in [-0.15, -0.1) is 0 Å². The molecule has 0 unspecified atom stereocenters. The van der Waals surface area contributed by atoms with Gasteiger partial charge in [0.25, 0.3) is 0 Å². The summed E-state index contributed by atoms with van der Waals surface area (Å²) in [5.41, 5.74) is 1.43. The second kappa shape index (κ2) is 8.79. The summed E-state index contributed by atoms with van der Waals surface area (Å²) in [6, 6.07) is 17.1. The summed E-state index contributed by atoms with van der Waals surface area (Å²) in [7, 11) is 1.49. The maximum absolute atomic E-state index is 13.9. The molecule has 156 valence electrons. The van der Waals surface area contributed by atoms with Crippen LogP contribution in [-0.4, -0.2) is 19.0 Å². The predicted molar refractivity (Wildman–Crippen MR) is 111 cm³/mol. The van der Waals surface area contributed by atoms with Gasteiger partial charge in [0.1, 0.15) is 18.2 Å². The van der Waals surface area contributed by atoms with Gasteiger partial charge < -0.3 is 14.2 Å². The highest BCUT2D eigenvalue weighted by Gasteiger charge is 2.26. The van der Waals surface area contributed by atoms with Gasteiger partial charge in [-0.05, 0) is 53.6 Å². The lowest BCUT2D eigenvalue weighted by molar-refractivity contribution is -0.129. The zero-order valence-corrected chi connectivity index (χ0v) is 16.5. The van der Waals surface area contributed by atoms with Crippen LogP contribution in [0.3, 0.4) is 0 Å². The molecule has 0 aliphatic carbocycles. The molecule has 0 N–H and O–H groups in total. The second-order valence-electron chi connectivity index (χ2n) is 6.64. The number of ether oxygens (including phenoxy) is 3. The van der Waals surface area contributed by atoms with E-state index in [0.29, 0.717) is 22.6 Å².